The van der Waals surface area contributed by atoms with Crippen LogP contribution in [0.1, 0.15) is 32.8 Å². The minimum absolute atomic E-state index is 0.105. The Morgan fingerprint density at radius 1 is 1.16 bits per heavy atom. The Morgan fingerprint density at radius 2 is 1.92 bits per heavy atom. The van der Waals surface area contributed by atoms with Crippen molar-refractivity contribution in [3.05, 3.63) is 53.3 Å². The Morgan fingerprint density at radius 3 is 2.52 bits per heavy atom. The van der Waals surface area contributed by atoms with Crippen LogP contribution in [0.25, 0.3) is 0 Å². The summed E-state index contributed by atoms with van der Waals surface area (Å²) in [5.41, 5.74) is 1.61. The average Bonchev–Trinajstić information content (AvgIpc) is 2.55. The van der Waals surface area contributed by atoms with Gasteiger partial charge in [0, 0.05) is 29.9 Å². The number of anilines is 2. The second-order valence-electron chi connectivity index (χ2n) is 6.81. The number of aromatic nitrogens is 1. The first-order chi connectivity index (χ1) is 11.8. The van der Waals surface area contributed by atoms with E-state index in [9.17, 15) is 9.59 Å². The van der Waals surface area contributed by atoms with Gasteiger partial charge in [0.25, 0.3) is 0 Å². The lowest BCUT2D eigenvalue weighted by Gasteiger charge is -2.18. The fourth-order valence-corrected chi connectivity index (χ4v) is 2.26. The molecule has 2 N–H and O–H groups in total. The number of carbonyl (C=O) groups excluding carboxylic acids is 2. The monoisotopic (exact) mass is 359 g/mol. The van der Waals surface area contributed by atoms with Gasteiger partial charge in [-0.1, -0.05) is 38.4 Å². The summed E-state index contributed by atoms with van der Waals surface area (Å²) in [6, 6.07) is 8.80. The average molecular weight is 360 g/mol. The van der Waals surface area contributed by atoms with E-state index in [2.05, 4.69) is 15.6 Å². The topological polar surface area (TPSA) is 71.1 Å². The number of hydrogen-bond donors (Lipinski definition) is 2. The molecular weight excluding hydrogens is 338 g/mol. The van der Waals surface area contributed by atoms with E-state index >= 15 is 0 Å². The van der Waals surface area contributed by atoms with Gasteiger partial charge in [0.2, 0.25) is 11.8 Å². The zero-order chi connectivity index (χ0) is 18.4. The first-order valence-corrected chi connectivity index (χ1v) is 8.43. The summed E-state index contributed by atoms with van der Waals surface area (Å²) >= 11 is 6.21. The number of nitrogens with zero attached hydrogens (tertiary/aromatic N) is 1. The number of aryl methyl sites for hydroxylation is 1. The van der Waals surface area contributed by atoms with Crippen molar-refractivity contribution >= 4 is 34.8 Å². The Labute approximate surface area is 152 Å². The number of benzene rings is 1. The lowest BCUT2D eigenvalue weighted by Crippen LogP contribution is -2.27. The van der Waals surface area contributed by atoms with Crippen molar-refractivity contribution in [2.24, 2.45) is 5.41 Å². The maximum Gasteiger partial charge on any atom is 0.229 e. The lowest BCUT2D eigenvalue weighted by atomic mass is 9.95. The minimum Gasteiger partial charge on any atom is -0.326 e. The molecule has 6 heteroatoms. The largest absolute Gasteiger partial charge is 0.326 e. The summed E-state index contributed by atoms with van der Waals surface area (Å²) in [6.45, 7) is 5.48. The molecule has 1 aromatic carbocycles. The summed E-state index contributed by atoms with van der Waals surface area (Å²) in [4.78, 5) is 28.1. The van der Waals surface area contributed by atoms with Crippen molar-refractivity contribution in [2.75, 3.05) is 10.6 Å². The molecule has 0 unspecified atom stereocenters. The summed E-state index contributed by atoms with van der Waals surface area (Å²) in [5, 5.41) is 5.97. The molecule has 0 fully saturated rings. The molecule has 2 rings (SSSR count). The lowest BCUT2D eigenvalue weighted by molar-refractivity contribution is -0.123. The van der Waals surface area contributed by atoms with Gasteiger partial charge in [-0.3, -0.25) is 14.6 Å². The van der Waals surface area contributed by atoms with Crippen molar-refractivity contribution < 1.29 is 9.59 Å². The van der Waals surface area contributed by atoms with Crippen LogP contribution in [0.5, 0.6) is 0 Å². The van der Waals surface area contributed by atoms with E-state index < -0.39 is 5.41 Å². The highest BCUT2D eigenvalue weighted by Gasteiger charge is 2.22. The molecule has 0 aliphatic rings. The smallest absolute Gasteiger partial charge is 0.229 e. The molecule has 0 atom stereocenters. The minimum atomic E-state index is -0.511. The number of nitrogens with one attached hydrogen (secondary N) is 2. The van der Waals surface area contributed by atoms with E-state index in [0.29, 0.717) is 29.2 Å². The second kappa shape index (κ2) is 8.12. The van der Waals surface area contributed by atoms with Crippen LogP contribution in [0.15, 0.2) is 42.7 Å². The molecule has 5 nitrogen and oxygen atoms in total. The number of pyridine rings is 1. The SMILES string of the molecule is CC(C)(C)C(=O)Nc1ccc(NC(=O)CCc2cccnc2)cc1Cl. The highest BCUT2D eigenvalue weighted by Crippen LogP contribution is 2.27. The molecule has 25 heavy (non-hydrogen) atoms. The molecule has 0 bridgehead atoms. The summed E-state index contributed by atoms with van der Waals surface area (Å²) < 4.78 is 0. The van der Waals surface area contributed by atoms with Gasteiger partial charge in [-0.05, 0) is 36.2 Å². The first kappa shape index (κ1) is 18.9. The van der Waals surface area contributed by atoms with Crippen molar-refractivity contribution in [1.29, 1.82) is 0 Å². The number of amides is 2. The Kier molecular flexibility index (Phi) is 6.15. The summed E-state index contributed by atoms with van der Waals surface area (Å²) in [7, 11) is 0. The Balaban J connectivity index is 1.93. The fraction of sp³-hybridized carbons (Fsp3) is 0.316. The molecule has 2 aromatic rings. The van der Waals surface area contributed by atoms with Crippen LogP contribution in [0.3, 0.4) is 0 Å². The van der Waals surface area contributed by atoms with Crippen LogP contribution in [0, 0.1) is 5.41 Å². The fourth-order valence-electron chi connectivity index (χ4n) is 2.03. The summed E-state index contributed by atoms with van der Waals surface area (Å²) in [6.07, 6.45) is 4.42. The zero-order valence-corrected chi connectivity index (χ0v) is 15.4. The van der Waals surface area contributed by atoms with Gasteiger partial charge >= 0.3 is 0 Å². The van der Waals surface area contributed by atoms with E-state index in [1.165, 1.54) is 0 Å². The predicted octanol–water partition coefficient (Wildman–Crippen LogP) is 4.29. The second-order valence-corrected chi connectivity index (χ2v) is 7.22. The van der Waals surface area contributed by atoms with Gasteiger partial charge in [0.05, 0.1) is 10.7 Å². The molecule has 0 radical (unpaired) electrons. The summed E-state index contributed by atoms with van der Waals surface area (Å²) in [5.74, 6) is -0.228. The molecule has 1 heterocycles. The molecule has 132 valence electrons. The Bertz CT molecular complexity index is 755. The standard InChI is InChI=1S/C19H22ClN3O2/c1-19(2,3)18(25)23-16-8-7-14(11-15(16)20)22-17(24)9-6-13-5-4-10-21-12-13/h4-5,7-8,10-12H,6,9H2,1-3H3,(H,22,24)(H,23,25). The quantitative estimate of drug-likeness (QED) is 0.836. The molecule has 0 aliphatic heterocycles. The van der Waals surface area contributed by atoms with Crippen LogP contribution >= 0.6 is 11.6 Å². The molecule has 0 saturated heterocycles. The highest BCUT2D eigenvalue weighted by molar-refractivity contribution is 6.34. The molecular formula is C19H22ClN3O2. The molecule has 0 aliphatic carbocycles. The van der Waals surface area contributed by atoms with Crippen LogP contribution in [0.4, 0.5) is 11.4 Å². The van der Waals surface area contributed by atoms with E-state index in [-0.39, 0.29) is 11.8 Å². The van der Waals surface area contributed by atoms with Gasteiger partial charge in [-0.2, -0.15) is 0 Å². The predicted molar refractivity (Wildman–Crippen MR) is 101 cm³/mol. The van der Waals surface area contributed by atoms with E-state index in [4.69, 9.17) is 11.6 Å². The van der Waals surface area contributed by atoms with Crippen molar-refractivity contribution in [3.63, 3.8) is 0 Å². The third kappa shape index (κ3) is 5.87. The molecule has 0 spiro atoms. The van der Waals surface area contributed by atoms with E-state index in [1.54, 1.807) is 30.6 Å². The van der Waals surface area contributed by atoms with Gasteiger partial charge in [-0.25, -0.2) is 0 Å². The molecule has 0 saturated carbocycles. The van der Waals surface area contributed by atoms with Crippen LogP contribution in [-0.2, 0) is 16.0 Å². The van der Waals surface area contributed by atoms with Crippen molar-refractivity contribution in [2.45, 2.75) is 33.6 Å². The van der Waals surface area contributed by atoms with Gasteiger partial charge in [0.15, 0.2) is 0 Å². The Hall–Kier alpha value is -2.40. The molecule has 1 aromatic heterocycles. The van der Waals surface area contributed by atoms with Gasteiger partial charge < -0.3 is 10.6 Å². The maximum atomic E-state index is 12.0. The normalized spacial score (nSPS) is 11.0. The van der Waals surface area contributed by atoms with Crippen LogP contribution in [-0.4, -0.2) is 16.8 Å². The highest BCUT2D eigenvalue weighted by atomic mass is 35.5. The van der Waals surface area contributed by atoms with Crippen molar-refractivity contribution in [1.82, 2.24) is 4.98 Å². The maximum absolute atomic E-state index is 12.0. The number of rotatable bonds is 5. The third-order valence-corrected chi connectivity index (χ3v) is 3.86. The van der Waals surface area contributed by atoms with Crippen molar-refractivity contribution in [3.8, 4) is 0 Å². The van der Waals surface area contributed by atoms with Gasteiger partial charge in [0.1, 0.15) is 0 Å². The van der Waals surface area contributed by atoms with E-state index in [0.717, 1.165) is 5.56 Å². The van der Waals surface area contributed by atoms with Crippen LogP contribution < -0.4 is 10.6 Å². The zero-order valence-electron chi connectivity index (χ0n) is 14.6. The molecule has 2 amide bonds. The third-order valence-electron chi connectivity index (χ3n) is 3.55. The van der Waals surface area contributed by atoms with E-state index in [1.807, 2.05) is 32.9 Å². The number of hydrogen-bond acceptors (Lipinski definition) is 3. The first-order valence-electron chi connectivity index (χ1n) is 8.05. The van der Waals surface area contributed by atoms with Crippen LogP contribution in [0.2, 0.25) is 5.02 Å². The number of halogens is 1. The number of carbonyl (C=O) groups is 2. The van der Waals surface area contributed by atoms with Gasteiger partial charge in [-0.15, -0.1) is 0 Å².